The summed E-state index contributed by atoms with van der Waals surface area (Å²) in [5.74, 6) is 0.986. The van der Waals surface area contributed by atoms with Crippen LogP contribution in [0.3, 0.4) is 0 Å². The van der Waals surface area contributed by atoms with Gasteiger partial charge in [-0.3, -0.25) is 4.79 Å². The Kier molecular flexibility index (Phi) is 6.76. The predicted molar refractivity (Wildman–Crippen MR) is 110 cm³/mol. The van der Waals surface area contributed by atoms with Crippen molar-refractivity contribution in [2.24, 2.45) is 5.73 Å². The molecule has 30 heavy (non-hydrogen) atoms. The summed E-state index contributed by atoms with van der Waals surface area (Å²) < 4.78 is 11.0. The van der Waals surface area contributed by atoms with Gasteiger partial charge in [-0.25, -0.2) is 0 Å². The van der Waals surface area contributed by atoms with Crippen LogP contribution in [0.5, 0.6) is 11.5 Å². The highest BCUT2D eigenvalue weighted by Gasteiger charge is 2.13. The Morgan fingerprint density at radius 2 is 2.03 bits per heavy atom. The second-order valence-corrected chi connectivity index (χ2v) is 6.55. The topological polar surface area (TPSA) is 125 Å². The third kappa shape index (κ3) is 5.21. The van der Waals surface area contributed by atoms with Gasteiger partial charge >= 0.3 is 0 Å². The standard InChI is InChI=1S/C21H23N5O4/c1-3-4-14-5-10-18(19(11-14)29-2)30-13-17(27)12-26-24-21(23-25-26)16-8-6-15(7-9-16)20(22)28/h3,5-11,17,27H,1,4,12-13H2,2H3,(H2,22,28). The third-order valence-electron chi connectivity index (χ3n) is 4.29. The maximum Gasteiger partial charge on any atom is 0.248 e. The fourth-order valence-corrected chi connectivity index (χ4v) is 2.77. The number of hydrogen-bond acceptors (Lipinski definition) is 7. The Morgan fingerprint density at radius 1 is 1.27 bits per heavy atom. The highest BCUT2D eigenvalue weighted by Crippen LogP contribution is 2.28. The van der Waals surface area contributed by atoms with Crippen molar-refractivity contribution in [1.29, 1.82) is 0 Å². The smallest absolute Gasteiger partial charge is 0.248 e. The first kappa shape index (κ1) is 21.0. The molecule has 2 aromatic carbocycles. The largest absolute Gasteiger partial charge is 0.493 e. The Morgan fingerprint density at radius 3 is 2.70 bits per heavy atom. The van der Waals surface area contributed by atoms with Crippen LogP contribution < -0.4 is 15.2 Å². The zero-order chi connectivity index (χ0) is 21.5. The quantitative estimate of drug-likeness (QED) is 0.487. The van der Waals surface area contributed by atoms with Crippen LogP contribution in [-0.4, -0.2) is 51.0 Å². The molecule has 0 fully saturated rings. The SMILES string of the molecule is C=CCc1ccc(OCC(O)Cn2nnc(-c3ccc(C(N)=O)cc3)n2)c(OC)c1. The average Bonchev–Trinajstić information content (AvgIpc) is 3.21. The first-order valence-electron chi connectivity index (χ1n) is 9.27. The highest BCUT2D eigenvalue weighted by molar-refractivity contribution is 5.93. The highest BCUT2D eigenvalue weighted by atomic mass is 16.5. The molecule has 1 atom stereocenters. The summed E-state index contributed by atoms with van der Waals surface area (Å²) in [5, 5.41) is 22.4. The number of tetrazole rings is 1. The number of carbonyl (C=O) groups excluding carboxylic acids is 1. The molecule has 1 unspecified atom stereocenters. The van der Waals surface area contributed by atoms with Crippen molar-refractivity contribution < 1.29 is 19.4 Å². The van der Waals surface area contributed by atoms with E-state index in [4.69, 9.17) is 15.2 Å². The van der Waals surface area contributed by atoms with Gasteiger partial charge in [-0.05, 0) is 41.5 Å². The fraction of sp³-hybridized carbons (Fsp3) is 0.238. The number of aromatic nitrogens is 4. The van der Waals surface area contributed by atoms with E-state index in [2.05, 4.69) is 22.0 Å². The van der Waals surface area contributed by atoms with Gasteiger partial charge in [-0.1, -0.05) is 24.3 Å². The van der Waals surface area contributed by atoms with Crippen LogP contribution >= 0.6 is 0 Å². The maximum absolute atomic E-state index is 11.1. The number of aliphatic hydroxyl groups excluding tert-OH is 1. The minimum absolute atomic E-state index is 0.0291. The van der Waals surface area contributed by atoms with Crippen molar-refractivity contribution in [1.82, 2.24) is 20.2 Å². The van der Waals surface area contributed by atoms with Crippen LogP contribution in [-0.2, 0) is 13.0 Å². The summed E-state index contributed by atoms with van der Waals surface area (Å²) >= 11 is 0. The Hall–Kier alpha value is -3.72. The molecule has 3 aromatic rings. The van der Waals surface area contributed by atoms with E-state index in [1.165, 1.54) is 4.80 Å². The molecule has 0 saturated carbocycles. The molecule has 3 N–H and O–H groups in total. The lowest BCUT2D eigenvalue weighted by molar-refractivity contribution is 0.0836. The molecule has 1 heterocycles. The lowest BCUT2D eigenvalue weighted by Gasteiger charge is -2.14. The summed E-state index contributed by atoms with van der Waals surface area (Å²) in [6, 6.07) is 12.1. The molecule has 1 amide bonds. The van der Waals surface area contributed by atoms with E-state index in [0.29, 0.717) is 28.5 Å². The molecule has 0 spiro atoms. The fourth-order valence-electron chi connectivity index (χ4n) is 2.77. The van der Waals surface area contributed by atoms with Crippen molar-refractivity contribution in [2.45, 2.75) is 19.1 Å². The van der Waals surface area contributed by atoms with Crippen molar-refractivity contribution in [2.75, 3.05) is 13.7 Å². The molecule has 0 aliphatic heterocycles. The number of rotatable bonds is 10. The first-order chi connectivity index (χ1) is 14.5. The molecule has 3 rings (SSSR count). The normalized spacial score (nSPS) is 11.7. The van der Waals surface area contributed by atoms with Crippen molar-refractivity contribution in [3.63, 3.8) is 0 Å². The zero-order valence-corrected chi connectivity index (χ0v) is 16.6. The number of hydrogen-bond donors (Lipinski definition) is 2. The van der Waals surface area contributed by atoms with Crippen molar-refractivity contribution in [3.05, 3.63) is 66.2 Å². The molecular formula is C21H23N5O4. The number of amides is 1. The van der Waals surface area contributed by atoms with Gasteiger partial charge in [0, 0.05) is 11.1 Å². The number of methoxy groups -OCH3 is 1. The average molecular weight is 409 g/mol. The van der Waals surface area contributed by atoms with Gasteiger partial charge in [0.2, 0.25) is 11.7 Å². The van der Waals surface area contributed by atoms with Crippen LogP contribution in [0.4, 0.5) is 0 Å². The van der Waals surface area contributed by atoms with Gasteiger partial charge in [0.1, 0.15) is 12.7 Å². The zero-order valence-electron chi connectivity index (χ0n) is 16.6. The Bertz CT molecular complexity index is 1020. The summed E-state index contributed by atoms with van der Waals surface area (Å²) in [7, 11) is 1.56. The monoisotopic (exact) mass is 409 g/mol. The molecule has 0 bridgehead atoms. The maximum atomic E-state index is 11.1. The lowest BCUT2D eigenvalue weighted by atomic mass is 10.1. The molecule has 156 valence electrons. The van der Waals surface area contributed by atoms with Crippen LogP contribution in [0.1, 0.15) is 15.9 Å². The number of primary amides is 1. The summed E-state index contributed by atoms with van der Waals surface area (Å²) in [5.41, 5.74) is 7.36. The van der Waals surface area contributed by atoms with Crippen LogP contribution in [0.2, 0.25) is 0 Å². The Labute approximate surface area is 173 Å². The number of benzene rings is 2. The van der Waals surface area contributed by atoms with Crippen LogP contribution in [0.25, 0.3) is 11.4 Å². The number of nitrogens with zero attached hydrogens (tertiary/aromatic N) is 4. The van der Waals surface area contributed by atoms with E-state index in [0.717, 1.165) is 12.0 Å². The molecule has 9 heteroatoms. The molecule has 0 aliphatic rings. The number of allylic oxidation sites excluding steroid dienone is 1. The van der Waals surface area contributed by atoms with Crippen molar-refractivity contribution in [3.8, 4) is 22.9 Å². The molecule has 1 aromatic heterocycles. The van der Waals surface area contributed by atoms with Crippen LogP contribution in [0, 0.1) is 0 Å². The predicted octanol–water partition coefficient (Wildman–Crippen LogP) is 1.62. The van der Waals surface area contributed by atoms with Gasteiger partial charge in [0.25, 0.3) is 0 Å². The molecule has 0 saturated heterocycles. The minimum Gasteiger partial charge on any atom is -0.493 e. The number of aliphatic hydroxyl groups is 1. The van der Waals surface area contributed by atoms with E-state index >= 15 is 0 Å². The summed E-state index contributed by atoms with van der Waals surface area (Å²) in [4.78, 5) is 12.4. The van der Waals surface area contributed by atoms with E-state index in [9.17, 15) is 9.90 Å². The number of nitrogens with two attached hydrogens (primary N) is 1. The molecule has 9 nitrogen and oxygen atoms in total. The lowest BCUT2D eigenvalue weighted by Crippen LogP contribution is -2.25. The summed E-state index contributed by atoms with van der Waals surface area (Å²) in [6.07, 6.45) is 1.68. The van der Waals surface area contributed by atoms with E-state index in [1.54, 1.807) is 37.4 Å². The molecular weight excluding hydrogens is 386 g/mol. The van der Waals surface area contributed by atoms with Gasteiger partial charge in [-0.2, -0.15) is 4.80 Å². The second kappa shape index (κ2) is 9.66. The second-order valence-electron chi connectivity index (χ2n) is 6.55. The molecule has 0 aliphatic carbocycles. The van der Waals surface area contributed by atoms with Gasteiger partial charge < -0.3 is 20.3 Å². The minimum atomic E-state index is -0.859. The van der Waals surface area contributed by atoms with Gasteiger partial charge in [-0.15, -0.1) is 16.8 Å². The van der Waals surface area contributed by atoms with Crippen LogP contribution in [0.15, 0.2) is 55.1 Å². The summed E-state index contributed by atoms with van der Waals surface area (Å²) in [6.45, 7) is 3.85. The third-order valence-corrected chi connectivity index (χ3v) is 4.29. The van der Waals surface area contributed by atoms with E-state index < -0.39 is 12.0 Å². The number of ether oxygens (including phenoxy) is 2. The molecule has 0 radical (unpaired) electrons. The van der Waals surface area contributed by atoms with Gasteiger partial charge in [0.15, 0.2) is 11.5 Å². The van der Waals surface area contributed by atoms with E-state index in [1.807, 2.05) is 18.2 Å². The first-order valence-corrected chi connectivity index (χ1v) is 9.27. The van der Waals surface area contributed by atoms with Crippen molar-refractivity contribution >= 4 is 5.91 Å². The van der Waals surface area contributed by atoms with Gasteiger partial charge in [0.05, 0.1) is 13.7 Å². The Balaban J connectivity index is 1.58. The number of carbonyl (C=O) groups is 1. The van der Waals surface area contributed by atoms with E-state index in [-0.39, 0.29) is 13.2 Å².